The molecule has 0 N–H and O–H groups in total. The second kappa shape index (κ2) is 4.17. The molecule has 13 heavy (non-hydrogen) atoms. The van der Waals surface area contributed by atoms with Gasteiger partial charge in [0.2, 0.25) is 0 Å². The van der Waals surface area contributed by atoms with Crippen molar-refractivity contribution >= 4 is 39.0 Å². The number of nitrogens with zero attached hydrogens (tertiary/aromatic N) is 3. The lowest BCUT2D eigenvalue weighted by molar-refractivity contribution is 1.02. The van der Waals surface area contributed by atoms with Crippen molar-refractivity contribution in [2.75, 3.05) is 0 Å². The van der Waals surface area contributed by atoms with Crippen molar-refractivity contribution < 1.29 is 0 Å². The minimum atomic E-state index is 0.893. The highest BCUT2D eigenvalue weighted by atomic mass is 79.9. The van der Waals surface area contributed by atoms with Crippen LogP contribution in [-0.2, 0) is 0 Å². The molecule has 0 saturated heterocycles. The van der Waals surface area contributed by atoms with Crippen LogP contribution in [0.2, 0.25) is 0 Å². The minimum absolute atomic E-state index is 0.893. The first-order chi connectivity index (χ1) is 6.36. The molecule has 0 spiro atoms. The van der Waals surface area contributed by atoms with Gasteiger partial charge in [-0.2, -0.15) is 0 Å². The van der Waals surface area contributed by atoms with E-state index in [2.05, 4.69) is 30.9 Å². The topological polar surface area (TPSA) is 38.7 Å². The fourth-order valence-electron chi connectivity index (χ4n) is 0.720. The molecule has 2 aromatic rings. The SMILES string of the molecule is Brc1cncnc1Sc1nccs1. The lowest BCUT2D eigenvalue weighted by atomic mass is 10.7. The van der Waals surface area contributed by atoms with Crippen LogP contribution in [0.1, 0.15) is 0 Å². The molecule has 0 aliphatic carbocycles. The molecule has 0 radical (unpaired) electrons. The van der Waals surface area contributed by atoms with Crippen molar-refractivity contribution in [3.8, 4) is 0 Å². The highest BCUT2D eigenvalue weighted by Crippen LogP contribution is 2.31. The van der Waals surface area contributed by atoms with Crippen molar-refractivity contribution in [1.29, 1.82) is 0 Å². The van der Waals surface area contributed by atoms with Crippen LogP contribution in [0.4, 0.5) is 0 Å². The minimum Gasteiger partial charge on any atom is -0.244 e. The van der Waals surface area contributed by atoms with Gasteiger partial charge in [-0.05, 0) is 27.7 Å². The molecule has 3 nitrogen and oxygen atoms in total. The molecule has 0 fully saturated rings. The Balaban J connectivity index is 2.24. The summed E-state index contributed by atoms with van der Waals surface area (Å²) in [6.07, 6.45) is 5.03. The quantitative estimate of drug-likeness (QED) is 0.789. The summed E-state index contributed by atoms with van der Waals surface area (Å²) in [6, 6.07) is 0. The Kier molecular flexibility index (Phi) is 2.92. The molecule has 0 atom stereocenters. The van der Waals surface area contributed by atoms with Crippen LogP contribution in [0.5, 0.6) is 0 Å². The van der Waals surface area contributed by atoms with E-state index in [0.29, 0.717) is 0 Å². The molecule has 0 aromatic carbocycles. The molecule has 0 unspecified atom stereocenters. The highest BCUT2D eigenvalue weighted by Gasteiger charge is 2.04. The summed E-state index contributed by atoms with van der Waals surface area (Å²) in [4.78, 5) is 12.2. The molecule has 0 aliphatic rings. The zero-order valence-electron chi connectivity index (χ0n) is 6.35. The van der Waals surface area contributed by atoms with Crippen molar-refractivity contribution in [1.82, 2.24) is 15.0 Å². The van der Waals surface area contributed by atoms with Crippen molar-refractivity contribution in [3.05, 3.63) is 28.6 Å². The lowest BCUT2D eigenvalue weighted by Gasteiger charge is -1.97. The molecule has 0 saturated carbocycles. The number of halogens is 1. The van der Waals surface area contributed by atoms with E-state index >= 15 is 0 Å². The molecule has 2 heterocycles. The van der Waals surface area contributed by atoms with Crippen LogP contribution < -0.4 is 0 Å². The molecule has 2 rings (SSSR count). The fourth-order valence-corrected chi connectivity index (χ4v) is 2.67. The van der Waals surface area contributed by atoms with Gasteiger partial charge in [0, 0.05) is 17.8 Å². The smallest absolute Gasteiger partial charge is 0.156 e. The first-order valence-electron chi connectivity index (χ1n) is 3.39. The average molecular weight is 274 g/mol. The van der Waals surface area contributed by atoms with Gasteiger partial charge in [-0.15, -0.1) is 11.3 Å². The maximum Gasteiger partial charge on any atom is 0.156 e. The molecule has 66 valence electrons. The van der Waals surface area contributed by atoms with E-state index in [1.54, 1.807) is 23.7 Å². The van der Waals surface area contributed by atoms with Gasteiger partial charge in [0.1, 0.15) is 11.4 Å². The summed E-state index contributed by atoms with van der Waals surface area (Å²) in [5.74, 6) is 0. The van der Waals surface area contributed by atoms with Gasteiger partial charge in [0.25, 0.3) is 0 Å². The Morgan fingerprint density at radius 3 is 3.00 bits per heavy atom. The van der Waals surface area contributed by atoms with Crippen LogP contribution in [0.15, 0.2) is 37.9 Å². The second-order valence-corrected chi connectivity index (χ2v) is 5.06. The van der Waals surface area contributed by atoms with Gasteiger partial charge in [-0.25, -0.2) is 15.0 Å². The summed E-state index contributed by atoms with van der Waals surface area (Å²) < 4.78 is 1.88. The Morgan fingerprint density at radius 2 is 2.31 bits per heavy atom. The number of hydrogen-bond donors (Lipinski definition) is 0. The van der Waals surface area contributed by atoms with Gasteiger partial charge in [-0.1, -0.05) is 0 Å². The first kappa shape index (κ1) is 9.11. The van der Waals surface area contributed by atoms with Crippen LogP contribution in [0.25, 0.3) is 0 Å². The van der Waals surface area contributed by atoms with Crippen LogP contribution >= 0.6 is 39.0 Å². The largest absolute Gasteiger partial charge is 0.244 e. The van der Waals surface area contributed by atoms with Crippen molar-refractivity contribution in [3.63, 3.8) is 0 Å². The van der Waals surface area contributed by atoms with E-state index in [9.17, 15) is 0 Å². The second-order valence-electron chi connectivity index (χ2n) is 2.08. The zero-order valence-corrected chi connectivity index (χ0v) is 9.56. The molecular weight excluding hydrogens is 270 g/mol. The normalized spacial score (nSPS) is 10.2. The molecular formula is C7H4BrN3S2. The number of hydrogen-bond acceptors (Lipinski definition) is 5. The third-order valence-corrected chi connectivity index (χ3v) is 3.97. The van der Waals surface area contributed by atoms with Crippen molar-refractivity contribution in [2.24, 2.45) is 0 Å². The Morgan fingerprint density at radius 1 is 1.38 bits per heavy atom. The standard InChI is InChI=1S/C7H4BrN3S2/c8-5-3-9-4-11-6(5)13-7-10-1-2-12-7/h1-4H. The molecule has 0 bridgehead atoms. The highest BCUT2D eigenvalue weighted by molar-refractivity contribution is 9.10. The van der Waals surface area contributed by atoms with E-state index < -0.39 is 0 Å². The van der Waals surface area contributed by atoms with E-state index in [4.69, 9.17) is 0 Å². The predicted octanol–water partition coefficient (Wildman–Crippen LogP) is 2.85. The van der Waals surface area contributed by atoms with Gasteiger partial charge < -0.3 is 0 Å². The molecule has 0 aliphatic heterocycles. The summed E-state index contributed by atoms with van der Waals surface area (Å²) >= 11 is 6.50. The summed E-state index contributed by atoms with van der Waals surface area (Å²) in [7, 11) is 0. The van der Waals surface area contributed by atoms with Gasteiger partial charge >= 0.3 is 0 Å². The number of rotatable bonds is 2. The first-order valence-corrected chi connectivity index (χ1v) is 5.88. The van der Waals surface area contributed by atoms with Crippen LogP contribution in [-0.4, -0.2) is 15.0 Å². The summed E-state index contributed by atoms with van der Waals surface area (Å²) in [6.45, 7) is 0. The Labute approximate surface area is 91.8 Å². The van der Waals surface area contributed by atoms with Crippen LogP contribution in [0.3, 0.4) is 0 Å². The Bertz CT molecular complexity index is 390. The van der Waals surface area contributed by atoms with E-state index in [1.165, 1.54) is 18.1 Å². The van der Waals surface area contributed by atoms with Crippen molar-refractivity contribution in [2.45, 2.75) is 9.37 Å². The summed E-state index contributed by atoms with van der Waals surface area (Å²) in [5.41, 5.74) is 0. The number of aromatic nitrogens is 3. The number of thiazole rings is 1. The van der Waals surface area contributed by atoms with Crippen LogP contribution in [0, 0.1) is 0 Å². The van der Waals surface area contributed by atoms with Gasteiger partial charge in [0.05, 0.1) is 4.47 Å². The maximum absolute atomic E-state index is 4.15. The van der Waals surface area contributed by atoms with E-state index in [1.807, 2.05) is 5.38 Å². The Hall–Kier alpha value is -0.460. The zero-order chi connectivity index (χ0) is 9.10. The summed E-state index contributed by atoms with van der Waals surface area (Å²) in [5, 5.41) is 2.84. The molecule has 6 heteroatoms. The average Bonchev–Trinajstić information content (AvgIpc) is 2.61. The van der Waals surface area contributed by atoms with Gasteiger partial charge in [0.15, 0.2) is 4.34 Å². The lowest BCUT2D eigenvalue weighted by Crippen LogP contribution is -1.82. The molecule has 0 amide bonds. The maximum atomic E-state index is 4.15. The monoisotopic (exact) mass is 273 g/mol. The van der Waals surface area contributed by atoms with E-state index in [0.717, 1.165) is 13.8 Å². The molecule has 2 aromatic heterocycles. The third kappa shape index (κ3) is 2.26. The predicted molar refractivity (Wildman–Crippen MR) is 56.0 cm³/mol. The fraction of sp³-hybridized carbons (Fsp3) is 0. The van der Waals surface area contributed by atoms with E-state index in [-0.39, 0.29) is 0 Å². The van der Waals surface area contributed by atoms with Gasteiger partial charge in [-0.3, -0.25) is 0 Å². The third-order valence-electron chi connectivity index (χ3n) is 1.23.